The molecule has 134 valence electrons. The molecule has 0 saturated heterocycles. The van der Waals surface area contributed by atoms with Crippen molar-refractivity contribution in [2.45, 2.75) is 6.42 Å². The molecule has 2 aromatic rings. The van der Waals surface area contributed by atoms with Crippen LogP contribution < -0.4 is 10.7 Å². The monoisotopic (exact) mass is 417 g/mol. The van der Waals surface area contributed by atoms with E-state index in [1.54, 1.807) is 42.5 Å². The number of nitrogens with zero attached hydrogens (tertiary/aromatic N) is 1. The smallest absolute Gasteiger partial charge is 0.336 e. The Kier molecular flexibility index (Phi) is 7.04. The van der Waals surface area contributed by atoms with Crippen molar-refractivity contribution < 1.29 is 19.5 Å². The van der Waals surface area contributed by atoms with E-state index in [9.17, 15) is 14.4 Å². The molecule has 0 unspecified atom stereocenters. The van der Waals surface area contributed by atoms with E-state index >= 15 is 0 Å². The van der Waals surface area contributed by atoms with Crippen LogP contribution in [0.2, 0.25) is 0 Å². The Morgan fingerprint density at radius 3 is 2.38 bits per heavy atom. The van der Waals surface area contributed by atoms with Crippen LogP contribution in [0.5, 0.6) is 0 Å². The molecule has 0 aliphatic rings. The third kappa shape index (κ3) is 5.52. The van der Waals surface area contributed by atoms with Gasteiger partial charge in [-0.3, -0.25) is 9.59 Å². The van der Waals surface area contributed by atoms with E-state index in [0.29, 0.717) is 15.6 Å². The molecule has 0 atom stereocenters. The number of carboxylic acid groups (broad SMARTS) is 1. The molecule has 0 spiro atoms. The van der Waals surface area contributed by atoms with Crippen LogP contribution in [0.1, 0.15) is 32.7 Å². The Hall–Kier alpha value is -3.00. The van der Waals surface area contributed by atoms with Gasteiger partial charge in [-0.25, -0.2) is 10.2 Å². The molecule has 7 nitrogen and oxygen atoms in total. The summed E-state index contributed by atoms with van der Waals surface area (Å²) in [6.07, 6.45) is 1.30. The van der Waals surface area contributed by atoms with Gasteiger partial charge in [0.15, 0.2) is 0 Å². The summed E-state index contributed by atoms with van der Waals surface area (Å²) in [6, 6.07) is 13.3. The summed E-state index contributed by atoms with van der Waals surface area (Å²) in [7, 11) is 0. The largest absolute Gasteiger partial charge is 0.478 e. The molecule has 0 aliphatic heterocycles. The van der Waals surface area contributed by atoms with E-state index < -0.39 is 11.9 Å². The Morgan fingerprint density at radius 1 is 1.04 bits per heavy atom. The summed E-state index contributed by atoms with van der Waals surface area (Å²) < 4.78 is 0.670. The first-order valence-electron chi connectivity index (χ1n) is 7.66. The Bertz CT molecular complexity index is 852. The van der Waals surface area contributed by atoms with Crippen LogP contribution in [0.15, 0.2) is 58.1 Å². The maximum atomic E-state index is 12.0. The van der Waals surface area contributed by atoms with Gasteiger partial charge in [0, 0.05) is 23.0 Å². The topological polar surface area (TPSA) is 108 Å². The second-order valence-electron chi connectivity index (χ2n) is 5.17. The first-order valence-corrected chi connectivity index (χ1v) is 8.45. The number of hydrazone groups is 1. The number of hydrogen-bond acceptors (Lipinski definition) is 4. The number of carbonyl (C=O) groups is 3. The van der Waals surface area contributed by atoms with Gasteiger partial charge in [-0.05, 0) is 34.1 Å². The molecule has 0 heterocycles. The number of carboxylic acids is 1. The third-order valence-corrected chi connectivity index (χ3v) is 4.03. The lowest BCUT2D eigenvalue weighted by molar-refractivity contribution is -0.120. The zero-order chi connectivity index (χ0) is 18.9. The van der Waals surface area contributed by atoms with E-state index in [0.717, 1.165) is 0 Å². The molecule has 0 saturated carbocycles. The van der Waals surface area contributed by atoms with Gasteiger partial charge in [0.05, 0.1) is 17.3 Å². The second kappa shape index (κ2) is 9.47. The summed E-state index contributed by atoms with van der Waals surface area (Å²) in [5.41, 5.74) is 3.25. The van der Waals surface area contributed by atoms with Crippen molar-refractivity contribution in [3.63, 3.8) is 0 Å². The normalized spacial score (nSPS) is 10.5. The van der Waals surface area contributed by atoms with E-state index in [4.69, 9.17) is 5.11 Å². The molecule has 0 radical (unpaired) electrons. The maximum Gasteiger partial charge on any atom is 0.336 e. The quantitative estimate of drug-likeness (QED) is 0.474. The standard InChI is InChI=1S/C18H16BrN3O4/c19-15-8-4-3-7-14(15)17(24)20-10-9-16(23)22-21-11-12-5-1-2-6-13(12)18(25)26/h1-8,11H,9-10H2,(H,20,24)(H,22,23)(H,25,26)/b21-11+. The first-order chi connectivity index (χ1) is 12.5. The van der Waals surface area contributed by atoms with Crippen LogP contribution in [-0.4, -0.2) is 35.6 Å². The highest BCUT2D eigenvalue weighted by atomic mass is 79.9. The van der Waals surface area contributed by atoms with Gasteiger partial charge in [0.25, 0.3) is 5.91 Å². The van der Waals surface area contributed by atoms with E-state index in [1.807, 2.05) is 0 Å². The first kappa shape index (κ1) is 19.3. The summed E-state index contributed by atoms with van der Waals surface area (Å²) in [5.74, 6) is -1.76. The minimum Gasteiger partial charge on any atom is -0.478 e. The Labute approximate surface area is 158 Å². The highest BCUT2D eigenvalue weighted by Gasteiger charge is 2.09. The molecule has 3 N–H and O–H groups in total. The molecule has 2 rings (SSSR count). The number of halogens is 1. The number of benzene rings is 2. The molecule has 0 bridgehead atoms. The zero-order valence-corrected chi connectivity index (χ0v) is 15.2. The highest BCUT2D eigenvalue weighted by Crippen LogP contribution is 2.15. The fourth-order valence-corrected chi connectivity index (χ4v) is 2.53. The van der Waals surface area contributed by atoms with Crippen LogP contribution in [0, 0.1) is 0 Å². The fourth-order valence-electron chi connectivity index (χ4n) is 2.06. The van der Waals surface area contributed by atoms with E-state index in [-0.39, 0.29) is 24.4 Å². The number of carbonyl (C=O) groups excluding carboxylic acids is 2. The molecule has 0 aromatic heterocycles. The lowest BCUT2D eigenvalue weighted by Crippen LogP contribution is -2.29. The summed E-state index contributed by atoms with van der Waals surface area (Å²) in [6.45, 7) is 0.146. The van der Waals surface area contributed by atoms with Gasteiger partial charge in [0.1, 0.15) is 0 Å². The average Bonchev–Trinajstić information content (AvgIpc) is 2.62. The molecule has 26 heavy (non-hydrogen) atoms. The van der Waals surface area contributed by atoms with Crippen molar-refractivity contribution >= 4 is 39.9 Å². The number of amides is 2. The van der Waals surface area contributed by atoms with Crippen molar-refractivity contribution in [1.82, 2.24) is 10.7 Å². The predicted octanol–water partition coefficient (Wildman–Crippen LogP) is 2.42. The van der Waals surface area contributed by atoms with Gasteiger partial charge < -0.3 is 10.4 Å². The van der Waals surface area contributed by atoms with Crippen LogP contribution in [0.25, 0.3) is 0 Å². The third-order valence-electron chi connectivity index (χ3n) is 3.34. The minimum absolute atomic E-state index is 0.0358. The molecule has 8 heteroatoms. The summed E-state index contributed by atoms with van der Waals surface area (Å²) in [5, 5.41) is 15.5. The number of hydrogen-bond donors (Lipinski definition) is 3. The predicted molar refractivity (Wildman–Crippen MR) is 100 cm³/mol. The number of rotatable bonds is 7. The van der Waals surface area contributed by atoms with Gasteiger partial charge in [-0.1, -0.05) is 30.3 Å². The van der Waals surface area contributed by atoms with Crippen LogP contribution in [0.4, 0.5) is 0 Å². The van der Waals surface area contributed by atoms with Gasteiger partial charge in [0.2, 0.25) is 5.91 Å². The van der Waals surface area contributed by atoms with Crippen LogP contribution >= 0.6 is 15.9 Å². The van der Waals surface area contributed by atoms with Crippen molar-refractivity contribution in [2.24, 2.45) is 5.10 Å². The molecular formula is C18H16BrN3O4. The van der Waals surface area contributed by atoms with Crippen LogP contribution in [0.3, 0.4) is 0 Å². The van der Waals surface area contributed by atoms with Crippen molar-refractivity contribution in [2.75, 3.05) is 6.54 Å². The van der Waals surface area contributed by atoms with E-state index in [1.165, 1.54) is 12.3 Å². The summed E-state index contributed by atoms with van der Waals surface area (Å²) >= 11 is 3.29. The Balaban J connectivity index is 1.80. The maximum absolute atomic E-state index is 12.0. The SMILES string of the molecule is O=C(CCNC(=O)c1ccccc1Br)N/N=C/c1ccccc1C(=O)O. The summed E-state index contributed by atoms with van der Waals surface area (Å²) in [4.78, 5) is 34.8. The van der Waals surface area contributed by atoms with Gasteiger partial charge in [-0.15, -0.1) is 0 Å². The fraction of sp³-hybridized carbons (Fsp3) is 0.111. The minimum atomic E-state index is -1.08. The van der Waals surface area contributed by atoms with Crippen molar-refractivity contribution in [3.05, 3.63) is 69.7 Å². The van der Waals surface area contributed by atoms with Crippen LogP contribution in [-0.2, 0) is 4.79 Å². The molecule has 0 aliphatic carbocycles. The molecular weight excluding hydrogens is 402 g/mol. The molecule has 2 aromatic carbocycles. The number of aromatic carboxylic acids is 1. The molecule has 2 amide bonds. The van der Waals surface area contributed by atoms with Gasteiger partial charge in [-0.2, -0.15) is 5.10 Å². The average molecular weight is 418 g/mol. The van der Waals surface area contributed by atoms with E-state index in [2.05, 4.69) is 31.8 Å². The highest BCUT2D eigenvalue weighted by molar-refractivity contribution is 9.10. The van der Waals surface area contributed by atoms with Crippen molar-refractivity contribution in [3.8, 4) is 0 Å². The van der Waals surface area contributed by atoms with Gasteiger partial charge >= 0.3 is 5.97 Å². The van der Waals surface area contributed by atoms with Crippen molar-refractivity contribution in [1.29, 1.82) is 0 Å². The lowest BCUT2D eigenvalue weighted by Gasteiger charge is -2.06. The Morgan fingerprint density at radius 2 is 1.69 bits per heavy atom. The lowest BCUT2D eigenvalue weighted by atomic mass is 10.1. The number of nitrogens with one attached hydrogen (secondary N) is 2. The second-order valence-corrected chi connectivity index (χ2v) is 6.03. The molecule has 0 fully saturated rings. The zero-order valence-electron chi connectivity index (χ0n) is 13.6.